The Morgan fingerprint density at radius 3 is 1.61 bits per heavy atom. The predicted octanol–water partition coefficient (Wildman–Crippen LogP) is 10.4. The minimum Gasteiger partial charge on any atom is -0.418 e. The van der Waals surface area contributed by atoms with E-state index in [-0.39, 0.29) is 0 Å². The molecule has 1 nitrogen and oxygen atoms in total. The smallest absolute Gasteiger partial charge is 0.183 e. The van der Waals surface area contributed by atoms with Gasteiger partial charge in [-0.2, -0.15) is 0 Å². The number of hydrogen-bond acceptors (Lipinski definition) is 1. The molecule has 0 bridgehead atoms. The van der Waals surface area contributed by atoms with E-state index >= 15 is 0 Å². The van der Waals surface area contributed by atoms with Crippen LogP contribution in [-0.4, -0.2) is 14.9 Å². The summed E-state index contributed by atoms with van der Waals surface area (Å²) in [6, 6.07) is 0. The van der Waals surface area contributed by atoms with Gasteiger partial charge in [0.05, 0.1) is 0 Å². The molecule has 2 atom stereocenters. The zero-order valence-corrected chi connectivity index (χ0v) is 25.0. The molecule has 198 valence electrons. The number of hydrogen-bond donors (Lipinski definition) is 0. The first-order valence-corrected chi connectivity index (χ1v) is 19.3. The summed E-state index contributed by atoms with van der Waals surface area (Å²) in [7, 11) is -1.51. The fourth-order valence-corrected chi connectivity index (χ4v) is 10.5. The summed E-state index contributed by atoms with van der Waals surface area (Å²) in [5.41, 5.74) is 15.4. The third-order valence-corrected chi connectivity index (χ3v) is 12.4. The lowest BCUT2D eigenvalue weighted by Gasteiger charge is -2.51. The van der Waals surface area contributed by atoms with Crippen molar-refractivity contribution in [3.8, 4) is 0 Å². The number of fused-ring (bicyclic) bond motifs is 2. The second-order valence-corrected chi connectivity index (χ2v) is 18.6. The molecule has 0 spiro atoms. The van der Waals surface area contributed by atoms with Crippen molar-refractivity contribution in [1.82, 2.24) is 0 Å². The molecule has 0 saturated carbocycles. The van der Waals surface area contributed by atoms with Crippen molar-refractivity contribution in [2.24, 2.45) is 17.3 Å². The van der Waals surface area contributed by atoms with Crippen LogP contribution in [0.15, 0.2) is 44.6 Å². The molecule has 0 amide bonds. The SMILES string of the molecule is CCC(CCO[Si](C)(C)C)(C1CCCC2=C1CC1=C2CCCC1)C1CCCC2=C1CC1=C2CCCC1. The van der Waals surface area contributed by atoms with Crippen LogP contribution in [0, 0.1) is 17.3 Å². The summed E-state index contributed by atoms with van der Waals surface area (Å²) < 4.78 is 6.67. The Morgan fingerprint density at radius 1 is 0.667 bits per heavy atom. The Labute approximate surface area is 223 Å². The highest BCUT2D eigenvalue weighted by atomic mass is 28.4. The molecule has 6 aliphatic rings. The minimum atomic E-state index is -1.51. The van der Waals surface area contributed by atoms with Gasteiger partial charge >= 0.3 is 0 Å². The molecule has 0 aromatic carbocycles. The standard InChI is InChI=1S/C34H52OSi/c1-5-34(20-21-35-36(2,3)4,32-18-10-16-28-26-14-8-6-12-24(26)22-30(28)32)33-19-11-17-29-27-15-9-7-13-25(27)23-31(29)33/h32-33H,5-23H2,1-4H3. The van der Waals surface area contributed by atoms with E-state index in [1.165, 1.54) is 116 Å². The average molecular weight is 505 g/mol. The van der Waals surface area contributed by atoms with Crippen molar-refractivity contribution in [3.05, 3.63) is 44.6 Å². The normalized spacial score (nSPS) is 30.3. The third kappa shape index (κ3) is 4.41. The van der Waals surface area contributed by atoms with E-state index in [4.69, 9.17) is 4.43 Å². The molecular weight excluding hydrogens is 452 g/mol. The topological polar surface area (TPSA) is 9.23 Å². The molecule has 0 radical (unpaired) electrons. The first kappa shape index (κ1) is 25.4. The summed E-state index contributed by atoms with van der Waals surface area (Å²) in [6.07, 6.45) is 25.1. The second kappa shape index (κ2) is 10.0. The van der Waals surface area contributed by atoms with Gasteiger partial charge in [0.2, 0.25) is 0 Å². The molecule has 6 aliphatic carbocycles. The second-order valence-electron chi connectivity index (χ2n) is 14.1. The molecule has 36 heavy (non-hydrogen) atoms. The summed E-state index contributed by atoms with van der Waals surface area (Å²) in [5, 5.41) is 0. The lowest BCUT2D eigenvalue weighted by molar-refractivity contribution is 0.0497. The molecule has 2 heteroatoms. The highest BCUT2D eigenvalue weighted by Gasteiger charge is 2.51. The Morgan fingerprint density at radius 2 is 1.14 bits per heavy atom. The van der Waals surface area contributed by atoms with Crippen LogP contribution >= 0.6 is 0 Å². The Bertz CT molecular complexity index is 944. The van der Waals surface area contributed by atoms with Gasteiger partial charge < -0.3 is 4.43 Å². The molecule has 0 aromatic rings. The number of rotatable bonds is 7. The minimum absolute atomic E-state index is 0.394. The van der Waals surface area contributed by atoms with Gasteiger partial charge in [-0.3, -0.25) is 0 Å². The molecular formula is C34H52OSi. The average Bonchev–Trinajstić information content (AvgIpc) is 3.45. The fraction of sp³-hybridized carbons (Fsp3) is 0.765. The largest absolute Gasteiger partial charge is 0.418 e. The summed E-state index contributed by atoms with van der Waals surface area (Å²) >= 11 is 0. The van der Waals surface area contributed by atoms with Crippen LogP contribution in [0.1, 0.15) is 122 Å². The molecule has 0 aliphatic heterocycles. The molecule has 0 saturated heterocycles. The van der Waals surface area contributed by atoms with Crippen LogP contribution in [0.5, 0.6) is 0 Å². The Balaban J connectivity index is 1.39. The van der Waals surface area contributed by atoms with Gasteiger partial charge in [0.25, 0.3) is 0 Å². The number of allylic oxidation sites excluding steroid dienone is 8. The van der Waals surface area contributed by atoms with Crippen LogP contribution in [0.4, 0.5) is 0 Å². The van der Waals surface area contributed by atoms with E-state index in [1.807, 2.05) is 44.6 Å². The third-order valence-electron chi connectivity index (χ3n) is 11.3. The van der Waals surface area contributed by atoms with Crippen LogP contribution in [-0.2, 0) is 4.43 Å². The molecule has 2 unspecified atom stereocenters. The van der Waals surface area contributed by atoms with Crippen molar-refractivity contribution in [1.29, 1.82) is 0 Å². The summed E-state index contributed by atoms with van der Waals surface area (Å²) in [5.74, 6) is 1.58. The van der Waals surface area contributed by atoms with Gasteiger partial charge in [0.1, 0.15) is 0 Å². The quantitative estimate of drug-likeness (QED) is 0.313. The molecule has 0 aromatic heterocycles. The summed E-state index contributed by atoms with van der Waals surface area (Å²) in [4.78, 5) is 0. The molecule has 0 fully saturated rings. The van der Waals surface area contributed by atoms with Crippen LogP contribution in [0.2, 0.25) is 19.6 Å². The van der Waals surface area contributed by atoms with E-state index in [0.29, 0.717) is 5.41 Å². The van der Waals surface area contributed by atoms with E-state index in [0.717, 1.165) is 18.4 Å². The van der Waals surface area contributed by atoms with Crippen molar-refractivity contribution >= 4 is 8.32 Å². The molecule has 0 N–H and O–H groups in total. The van der Waals surface area contributed by atoms with Crippen LogP contribution < -0.4 is 0 Å². The maximum absolute atomic E-state index is 6.67. The van der Waals surface area contributed by atoms with Gasteiger partial charge in [-0.1, -0.05) is 29.2 Å². The monoisotopic (exact) mass is 504 g/mol. The van der Waals surface area contributed by atoms with Crippen LogP contribution in [0.25, 0.3) is 0 Å². The lowest BCUT2D eigenvalue weighted by Crippen LogP contribution is -2.43. The van der Waals surface area contributed by atoms with Gasteiger partial charge in [-0.15, -0.1) is 0 Å². The van der Waals surface area contributed by atoms with E-state index in [2.05, 4.69) is 26.6 Å². The van der Waals surface area contributed by atoms with Crippen LogP contribution in [0.3, 0.4) is 0 Å². The first-order chi connectivity index (χ1) is 17.4. The predicted molar refractivity (Wildman–Crippen MR) is 156 cm³/mol. The van der Waals surface area contributed by atoms with E-state index < -0.39 is 8.32 Å². The van der Waals surface area contributed by atoms with Crippen molar-refractivity contribution in [2.75, 3.05) is 6.61 Å². The zero-order chi connectivity index (χ0) is 24.9. The maximum Gasteiger partial charge on any atom is 0.183 e. The van der Waals surface area contributed by atoms with Crippen molar-refractivity contribution in [2.45, 2.75) is 142 Å². The van der Waals surface area contributed by atoms with Gasteiger partial charge in [-0.25, -0.2) is 0 Å². The molecule has 6 rings (SSSR count). The zero-order valence-electron chi connectivity index (χ0n) is 24.0. The lowest BCUT2D eigenvalue weighted by atomic mass is 9.54. The van der Waals surface area contributed by atoms with Gasteiger partial charge in [-0.05, 0) is 175 Å². The van der Waals surface area contributed by atoms with Crippen molar-refractivity contribution in [3.63, 3.8) is 0 Å². The Hall–Kier alpha value is -0.863. The first-order valence-electron chi connectivity index (χ1n) is 15.9. The van der Waals surface area contributed by atoms with Crippen molar-refractivity contribution < 1.29 is 4.43 Å². The van der Waals surface area contributed by atoms with E-state index in [9.17, 15) is 0 Å². The Kier molecular flexibility index (Phi) is 7.08. The highest BCUT2D eigenvalue weighted by molar-refractivity contribution is 6.69. The highest BCUT2D eigenvalue weighted by Crippen LogP contribution is 2.62. The van der Waals surface area contributed by atoms with Gasteiger partial charge in [0.15, 0.2) is 8.32 Å². The van der Waals surface area contributed by atoms with E-state index in [1.54, 1.807) is 0 Å². The summed E-state index contributed by atoms with van der Waals surface area (Å²) in [6.45, 7) is 10.7. The fourth-order valence-electron chi connectivity index (χ4n) is 9.80. The van der Waals surface area contributed by atoms with Gasteiger partial charge in [0, 0.05) is 6.61 Å². The maximum atomic E-state index is 6.67. The molecule has 0 heterocycles.